The highest BCUT2D eigenvalue weighted by atomic mass is 127. The second kappa shape index (κ2) is 12.0. The molecule has 3 aromatic rings. The van der Waals surface area contributed by atoms with Gasteiger partial charge in [0.1, 0.15) is 5.60 Å². The van der Waals surface area contributed by atoms with Crippen molar-refractivity contribution in [2.24, 2.45) is 0 Å². The second-order valence-electron chi connectivity index (χ2n) is 11.5. The number of aliphatic hydroxyl groups is 1. The third kappa shape index (κ3) is 7.90. The molecule has 3 heteroatoms. The number of likely N-dealkylation sites (tertiary alicyclic amines) is 1. The zero-order valence-electron chi connectivity index (χ0n) is 22.1. The third-order valence-electron chi connectivity index (χ3n) is 6.95. The van der Waals surface area contributed by atoms with Crippen LogP contribution in [0.25, 0.3) is 0 Å². The highest BCUT2D eigenvalue weighted by Gasteiger charge is 2.35. The number of hydrogen-bond donors (Lipinski definition) is 1. The molecule has 0 aliphatic carbocycles. The van der Waals surface area contributed by atoms with Crippen LogP contribution >= 0.6 is 22.6 Å². The lowest BCUT2D eigenvalue weighted by molar-refractivity contribution is -0.0382. The number of piperidine rings is 1. The smallest absolute Gasteiger partial charge is 0.102 e. The summed E-state index contributed by atoms with van der Waals surface area (Å²) in [5, 5.41) is 11.3. The molecule has 1 N–H and O–H groups in total. The van der Waals surface area contributed by atoms with Crippen LogP contribution in [0, 0.1) is 0 Å². The van der Waals surface area contributed by atoms with E-state index < -0.39 is 5.60 Å². The molecular weight excluding hydrogens is 541 g/mol. The van der Waals surface area contributed by atoms with Gasteiger partial charge in [-0.3, -0.25) is 4.90 Å². The first-order valence-corrected chi connectivity index (χ1v) is 14.3. The van der Waals surface area contributed by atoms with Crippen LogP contribution in [0.3, 0.4) is 0 Å². The predicted octanol–water partition coefficient (Wildman–Crippen LogP) is 7.87. The van der Waals surface area contributed by atoms with Gasteiger partial charge < -0.3 is 5.11 Å². The normalized spacial score (nSPS) is 19.1. The first-order valence-electron chi connectivity index (χ1n) is 12.7. The fourth-order valence-electron chi connectivity index (χ4n) is 4.58. The summed E-state index contributed by atoms with van der Waals surface area (Å²) in [6, 6.07) is 29.7. The summed E-state index contributed by atoms with van der Waals surface area (Å²) in [6.45, 7) is 13.9. The summed E-state index contributed by atoms with van der Waals surface area (Å²) in [4.78, 5) is 2.38. The first-order chi connectivity index (χ1) is 16.5. The number of halogens is 1. The molecule has 1 aliphatic rings. The Labute approximate surface area is 226 Å². The van der Waals surface area contributed by atoms with E-state index in [0.29, 0.717) is 12.0 Å². The SMILES string of the molecule is CC(C)(C)c1cccc(C2(O)CCCN(Cc3ccccc3)C2)c1.CC(C)(CI)c1ccccc1. The molecule has 188 valence electrons. The molecule has 35 heavy (non-hydrogen) atoms. The Morgan fingerprint density at radius 2 is 1.43 bits per heavy atom. The molecule has 1 atom stereocenters. The number of rotatable bonds is 5. The maximum Gasteiger partial charge on any atom is 0.102 e. The van der Waals surface area contributed by atoms with Gasteiger partial charge in [0.15, 0.2) is 0 Å². The van der Waals surface area contributed by atoms with Crippen LogP contribution in [-0.2, 0) is 23.0 Å². The zero-order valence-corrected chi connectivity index (χ0v) is 24.3. The molecule has 0 radical (unpaired) electrons. The van der Waals surface area contributed by atoms with Gasteiger partial charge in [-0.05, 0) is 52.5 Å². The molecule has 4 rings (SSSR count). The molecular formula is C32H42INO. The molecule has 0 bridgehead atoms. The zero-order chi connectivity index (χ0) is 25.5. The van der Waals surface area contributed by atoms with E-state index in [1.807, 2.05) is 6.07 Å². The number of nitrogens with zero attached hydrogens (tertiary/aromatic N) is 1. The van der Waals surface area contributed by atoms with Crippen molar-refractivity contribution in [1.29, 1.82) is 0 Å². The van der Waals surface area contributed by atoms with Crippen molar-refractivity contribution in [3.63, 3.8) is 0 Å². The van der Waals surface area contributed by atoms with E-state index in [9.17, 15) is 5.11 Å². The largest absolute Gasteiger partial charge is 0.384 e. The molecule has 1 saturated heterocycles. The van der Waals surface area contributed by atoms with Gasteiger partial charge >= 0.3 is 0 Å². The second-order valence-corrected chi connectivity index (χ2v) is 12.3. The Morgan fingerprint density at radius 1 is 0.829 bits per heavy atom. The Morgan fingerprint density at radius 3 is 2.03 bits per heavy atom. The summed E-state index contributed by atoms with van der Waals surface area (Å²) in [6.07, 6.45) is 1.87. The lowest BCUT2D eigenvalue weighted by Crippen LogP contribution is -2.45. The topological polar surface area (TPSA) is 23.5 Å². The van der Waals surface area contributed by atoms with E-state index in [0.717, 1.165) is 35.9 Å². The standard InChI is InChI=1S/C22H29NO.C10H13I/c1-21(2,3)19-11-7-12-20(15-19)22(24)13-8-14-23(17-22)16-18-9-5-4-6-10-18;1-10(2,8-11)9-6-4-3-5-7-9/h4-7,9-12,15,24H,8,13-14,16-17H2,1-3H3;3-7H,8H2,1-2H3. The fraction of sp³-hybridized carbons (Fsp3) is 0.438. The van der Waals surface area contributed by atoms with E-state index in [4.69, 9.17) is 0 Å². The minimum Gasteiger partial charge on any atom is -0.384 e. The van der Waals surface area contributed by atoms with Crippen LogP contribution in [-0.4, -0.2) is 27.5 Å². The number of β-amino-alcohol motifs (C(OH)–C–C–N with tert-alkyl or cyclic N) is 1. The predicted molar refractivity (Wildman–Crippen MR) is 158 cm³/mol. The van der Waals surface area contributed by atoms with Crippen LogP contribution in [0.4, 0.5) is 0 Å². The Kier molecular flexibility index (Phi) is 9.59. The van der Waals surface area contributed by atoms with Gasteiger partial charge in [0.2, 0.25) is 0 Å². The molecule has 3 aromatic carbocycles. The average Bonchev–Trinajstić information content (AvgIpc) is 2.85. The molecule has 0 amide bonds. The maximum atomic E-state index is 11.3. The highest BCUT2D eigenvalue weighted by Crippen LogP contribution is 2.34. The van der Waals surface area contributed by atoms with Crippen LogP contribution < -0.4 is 0 Å². The maximum absolute atomic E-state index is 11.3. The molecule has 1 aliphatic heterocycles. The fourth-order valence-corrected chi connectivity index (χ4v) is 5.02. The average molecular weight is 584 g/mol. The van der Waals surface area contributed by atoms with Crippen LogP contribution in [0.15, 0.2) is 84.9 Å². The van der Waals surface area contributed by atoms with Gasteiger partial charge in [-0.25, -0.2) is 0 Å². The van der Waals surface area contributed by atoms with E-state index in [2.05, 4.69) is 141 Å². The Hall–Kier alpha value is -1.69. The quantitative estimate of drug-likeness (QED) is 0.244. The summed E-state index contributed by atoms with van der Waals surface area (Å²) < 4.78 is 1.16. The minimum absolute atomic E-state index is 0.102. The van der Waals surface area contributed by atoms with Crippen molar-refractivity contribution in [3.8, 4) is 0 Å². The van der Waals surface area contributed by atoms with E-state index in [-0.39, 0.29) is 5.41 Å². The Balaban J connectivity index is 0.000000261. The number of hydrogen-bond acceptors (Lipinski definition) is 2. The third-order valence-corrected chi connectivity index (χ3v) is 8.86. The molecule has 0 saturated carbocycles. The molecule has 2 nitrogen and oxygen atoms in total. The van der Waals surface area contributed by atoms with E-state index >= 15 is 0 Å². The van der Waals surface area contributed by atoms with Crippen molar-refractivity contribution >= 4 is 22.6 Å². The molecule has 1 fully saturated rings. The van der Waals surface area contributed by atoms with Gasteiger partial charge in [0.05, 0.1) is 0 Å². The van der Waals surface area contributed by atoms with E-state index in [1.165, 1.54) is 16.7 Å². The van der Waals surface area contributed by atoms with Gasteiger partial charge in [-0.2, -0.15) is 0 Å². The van der Waals surface area contributed by atoms with Crippen molar-refractivity contribution in [2.45, 2.75) is 70.4 Å². The summed E-state index contributed by atoms with van der Waals surface area (Å²) in [5.41, 5.74) is 4.77. The van der Waals surface area contributed by atoms with Crippen molar-refractivity contribution in [2.75, 3.05) is 17.5 Å². The Bertz CT molecular complexity index is 1040. The van der Waals surface area contributed by atoms with Crippen LogP contribution in [0.5, 0.6) is 0 Å². The van der Waals surface area contributed by atoms with Crippen molar-refractivity contribution in [3.05, 3.63) is 107 Å². The number of benzene rings is 3. The lowest BCUT2D eigenvalue weighted by atomic mass is 9.80. The van der Waals surface area contributed by atoms with Gasteiger partial charge in [-0.1, -0.05) is 142 Å². The summed E-state index contributed by atoms with van der Waals surface area (Å²) >= 11 is 2.43. The monoisotopic (exact) mass is 583 g/mol. The van der Waals surface area contributed by atoms with Gasteiger partial charge in [0.25, 0.3) is 0 Å². The van der Waals surface area contributed by atoms with E-state index in [1.54, 1.807) is 0 Å². The highest BCUT2D eigenvalue weighted by molar-refractivity contribution is 14.1. The number of alkyl halides is 1. The lowest BCUT2D eigenvalue weighted by Gasteiger charge is -2.40. The summed E-state index contributed by atoms with van der Waals surface area (Å²) in [7, 11) is 0. The molecule has 1 heterocycles. The minimum atomic E-state index is -0.742. The molecule has 0 spiro atoms. The van der Waals surface area contributed by atoms with Gasteiger partial charge in [-0.15, -0.1) is 0 Å². The van der Waals surface area contributed by atoms with Crippen LogP contribution in [0.1, 0.15) is 69.7 Å². The first kappa shape index (κ1) is 27.9. The summed E-state index contributed by atoms with van der Waals surface area (Å²) in [5.74, 6) is 0. The van der Waals surface area contributed by atoms with Crippen molar-refractivity contribution < 1.29 is 5.11 Å². The van der Waals surface area contributed by atoms with Crippen molar-refractivity contribution in [1.82, 2.24) is 4.90 Å². The van der Waals surface area contributed by atoms with Crippen LogP contribution in [0.2, 0.25) is 0 Å². The molecule has 1 unspecified atom stereocenters. The van der Waals surface area contributed by atoms with Gasteiger partial charge in [0, 0.05) is 17.5 Å². The molecule has 0 aromatic heterocycles.